The minimum atomic E-state index is -0.100. The van der Waals surface area contributed by atoms with E-state index >= 15 is 0 Å². The summed E-state index contributed by atoms with van der Waals surface area (Å²) in [6.45, 7) is 4.81. The number of rotatable bonds is 2. The van der Waals surface area contributed by atoms with Crippen molar-refractivity contribution in [2.45, 2.75) is 38.8 Å². The third kappa shape index (κ3) is 1.97. The molecular weight excluding hydrogens is 266 g/mol. The Morgan fingerprint density at radius 3 is 3.00 bits per heavy atom. The van der Waals surface area contributed by atoms with Crippen LogP contribution in [0.3, 0.4) is 0 Å². The third-order valence-corrected chi connectivity index (χ3v) is 4.88. The van der Waals surface area contributed by atoms with E-state index in [1.807, 2.05) is 26.0 Å². The second kappa shape index (κ2) is 4.60. The molecule has 110 valence electrons. The van der Waals surface area contributed by atoms with Gasteiger partial charge in [0.1, 0.15) is 5.58 Å². The minimum absolute atomic E-state index is 0.100. The topological polar surface area (TPSA) is 51.5 Å². The highest BCUT2D eigenvalue weighted by Gasteiger charge is 2.46. The molecule has 0 radical (unpaired) electrons. The SMILES string of the molecule is Cc1ccc2oc(C(=O)N[C@@H]3C[C@H]4OCC[C@@H]34)c(C)c2c1. The van der Waals surface area contributed by atoms with Gasteiger partial charge in [-0.3, -0.25) is 4.79 Å². The van der Waals surface area contributed by atoms with Crippen molar-refractivity contribution in [3.63, 3.8) is 0 Å². The van der Waals surface area contributed by atoms with Crippen LogP contribution < -0.4 is 5.32 Å². The molecule has 1 N–H and O–H groups in total. The van der Waals surface area contributed by atoms with Crippen molar-refractivity contribution >= 4 is 16.9 Å². The van der Waals surface area contributed by atoms with Crippen molar-refractivity contribution in [3.8, 4) is 0 Å². The van der Waals surface area contributed by atoms with Gasteiger partial charge in [-0.05, 0) is 38.8 Å². The average molecular weight is 285 g/mol. The number of carbonyl (C=O) groups excluding carboxylic acids is 1. The first-order chi connectivity index (χ1) is 10.1. The van der Waals surface area contributed by atoms with Crippen LogP contribution in [-0.4, -0.2) is 24.7 Å². The van der Waals surface area contributed by atoms with Crippen LogP contribution in [0.25, 0.3) is 11.0 Å². The molecule has 2 fully saturated rings. The predicted octanol–water partition coefficient (Wildman–Crippen LogP) is 2.96. The van der Waals surface area contributed by atoms with Crippen LogP contribution in [-0.2, 0) is 4.74 Å². The number of furan rings is 1. The largest absolute Gasteiger partial charge is 0.451 e. The van der Waals surface area contributed by atoms with Gasteiger partial charge in [-0.15, -0.1) is 0 Å². The summed E-state index contributed by atoms with van der Waals surface area (Å²) < 4.78 is 11.3. The first-order valence-electron chi connectivity index (χ1n) is 7.55. The maximum Gasteiger partial charge on any atom is 0.287 e. The minimum Gasteiger partial charge on any atom is -0.451 e. The Bertz CT molecular complexity index is 718. The Labute approximate surface area is 123 Å². The lowest BCUT2D eigenvalue weighted by Crippen LogP contribution is -2.53. The molecule has 1 aromatic heterocycles. The quantitative estimate of drug-likeness (QED) is 0.923. The zero-order valence-electron chi connectivity index (χ0n) is 12.3. The van der Waals surface area contributed by atoms with Gasteiger partial charge < -0.3 is 14.5 Å². The number of fused-ring (bicyclic) bond motifs is 2. The molecule has 0 spiro atoms. The first kappa shape index (κ1) is 12.9. The van der Waals surface area contributed by atoms with E-state index in [9.17, 15) is 4.79 Å². The molecule has 1 aromatic carbocycles. The van der Waals surface area contributed by atoms with Gasteiger partial charge in [0.15, 0.2) is 5.76 Å². The van der Waals surface area contributed by atoms with Gasteiger partial charge >= 0.3 is 0 Å². The summed E-state index contributed by atoms with van der Waals surface area (Å²) >= 11 is 0. The second-order valence-corrected chi connectivity index (χ2v) is 6.23. The molecule has 3 atom stereocenters. The van der Waals surface area contributed by atoms with Crippen LogP contribution in [0.1, 0.15) is 34.5 Å². The summed E-state index contributed by atoms with van der Waals surface area (Å²) in [6.07, 6.45) is 2.33. The molecule has 4 rings (SSSR count). The van der Waals surface area contributed by atoms with E-state index in [0.29, 0.717) is 17.8 Å². The summed E-state index contributed by atoms with van der Waals surface area (Å²) in [5, 5.41) is 4.13. The second-order valence-electron chi connectivity index (χ2n) is 6.23. The number of carbonyl (C=O) groups is 1. The Kier molecular flexibility index (Phi) is 2.82. The predicted molar refractivity (Wildman–Crippen MR) is 79.4 cm³/mol. The molecule has 1 saturated carbocycles. The molecule has 2 aromatic rings. The van der Waals surface area contributed by atoms with Crippen LogP contribution in [0, 0.1) is 19.8 Å². The fraction of sp³-hybridized carbons (Fsp3) is 0.471. The van der Waals surface area contributed by atoms with E-state index < -0.39 is 0 Å². The highest BCUT2D eigenvalue weighted by atomic mass is 16.5. The molecule has 0 unspecified atom stereocenters. The number of aryl methyl sites for hydroxylation is 2. The van der Waals surface area contributed by atoms with Gasteiger partial charge in [-0.2, -0.15) is 0 Å². The number of benzene rings is 1. The standard InChI is InChI=1S/C17H19NO3/c1-9-3-4-14-12(7-9)10(2)16(21-14)17(19)18-13-8-15-11(13)5-6-20-15/h3-4,7,11,13,15H,5-6,8H2,1-2H3,(H,18,19)/t11-,13+,15+/m0/s1. The van der Waals surface area contributed by atoms with Crippen molar-refractivity contribution in [1.29, 1.82) is 0 Å². The summed E-state index contributed by atoms with van der Waals surface area (Å²) in [5.74, 6) is 0.829. The van der Waals surface area contributed by atoms with Gasteiger partial charge in [0.25, 0.3) is 5.91 Å². The normalized spacial score (nSPS) is 27.4. The maximum absolute atomic E-state index is 12.5. The number of hydrogen-bond donors (Lipinski definition) is 1. The van der Waals surface area contributed by atoms with Gasteiger partial charge in [0.2, 0.25) is 0 Å². The summed E-state index contributed by atoms with van der Waals surface area (Å²) in [7, 11) is 0. The smallest absolute Gasteiger partial charge is 0.287 e. The highest BCUT2D eigenvalue weighted by Crippen LogP contribution is 2.38. The number of amides is 1. The van der Waals surface area contributed by atoms with Crippen molar-refractivity contribution in [1.82, 2.24) is 5.32 Å². The van der Waals surface area contributed by atoms with Crippen LogP contribution in [0.2, 0.25) is 0 Å². The van der Waals surface area contributed by atoms with Gasteiger partial charge in [-0.1, -0.05) is 11.6 Å². The van der Waals surface area contributed by atoms with Crippen molar-refractivity contribution < 1.29 is 13.9 Å². The lowest BCUT2D eigenvalue weighted by atomic mass is 9.76. The van der Waals surface area contributed by atoms with E-state index in [4.69, 9.17) is 9.15 Å². The summed E-state index contributed by atoms with van der Waals surface area (Å²) in [6, 6.07) is 6.23. The molecule has 1 saturated heterocycles. The van der Waals surface area contributed by atoms with Gasteiger partial charge in [0.05, 0.1) is 6.10 Å². The number of ether oxygens (including phenoxy) is 1. The lowest BCUT2D eigenvalue weighted by Gasteiger charge is -2.39. The molecule has 1 amide bonds. The maximum atomic E-state index is 12.5. The average Bonchev–Trinajstić information content (AvgIpc) is 2.98. The van der Waals surface area contributed by atoms with E-state index in [1.54, 1.807) is 0 Å². The zero-order valence-corrected chi connectivity index (χ0v) is 12.3. The molecule has 4 nitrogen and oxygen atoms in total. The molecule has 0 bridgehead atoms. The Morgan fingerprint density at radius 1 is 1.33 bits per heavy atom. The van der Waals surface area contributed by atoms with Crippen LogP contribution >= 0.6 is 0 Å². The monoisotopic (exact) mass is 285 g/mol. The van der Waals surface area contributed by atoms with Crippen molar-refractivity contribution in [2.75, 3.05) is 6.61 Å². The zero-order chi connectivity index (χ0) is 14.6. The van der Waals surface area contributed by atoms with E-state index in [1.165, 1.54) is 5.56 Å². The summed E-state index contributed by atoms with van der Waals surface area (Å²) in [4.78, 5) is 12.5. The first-order valence-corrected chi connectivity index (χ1v) is 7.55. The molecule has 1 aliphatic carbocycles. The molecule has 2 heterocycles. The van der Waals surface area contributed by atoms with Crippen LogP contribution in [0.4, 0.5) is 0 Å². The Hall–Kier alpha value is -1.81. The molecule has 1 aliphatic heterocycles. The van der Waals surface area contributed by atoms with Gasteiger partial charge in [-0.25, -0.2) is 0 Å². The highest BCUT2D eigenvalue weighted by molar-refractivity contribution is 5.99. The molecule has 21 heavy (non-hydrogen) atoms. The van der Waals surface area contributed by atoms with E-state index in [-0.39, 0.29) is 11.9 Å². The number of nitrogens with one attached hydrogen (secondary N) is 1. The lowest BCUT2D eigenvalue weighted by molar-refractivity contribution is 0.00774. The molecule has 2 aliphatic rings. The number of hydrogen-bond acceptors (Lipinski definition) is 3. The van der Waals surface area contributed by atoms with Crippen molar-refractivity contribution in [3.05, 3.63) is 35.1 Å². The van der Waals surface area contributed by atoms with E-state index in [2.05, 4.69) is 11.4 Å². The van der Waals surface area contributed by atoms with Gasteiger partial charge in [0, 0.05) is 29.5 Å². The third-order valence-electron chi connectivity index (χ3n) is 4.88. The van der Waals surface area contributed by atoms with Crippen molar-refractivity contribution in [2.24, 2.45) is 5.92 Å². The van der Waals surface area contributed by atoms with E-state index in [0.717, 1.165) is 36.0 Å². The fourth-order valence-corrected chi connectivity index (χ4v) is 3.55. The Balaban J connectivity index is 1.58. The fourth-order valence-electron chi connectivity index (χ4n) is 3.55. The molecule has 4 heteroatoms. The molecular formula is C17H19NO3. The van der Waals surface area contributed by atoms with Crippen LogP contribution in [0.15, 0.2) is 22.6 Å². The summed E-state index contributed by atoms with van der Waals surface area (Å²) in [5.41, 5.74) is 2.87. The van der Waals surface area contributed by atoms with Crippen LogP contribution in [0.5, 0.6) is 0 Å². The Morgan fingerprint density at radius 2 is 2.19 bits per heavy atom.